The van der Waals surface area contributed by atoms with Gasteiger partial charge in [-0.3, -0.25) is 4.79 Å². The summed E-state index contributed by atoms with van der Waals surface area (Å²) in [5.41, 5.74) is 2.78. The molecule has 1 atom stereocenters. The van der Waals surface area contributed by atoms with E-state index in [0.717, 1.165) is 23.4 Å². The number of benzene rings is 2. The third kappa shape index (κ3) is 6.30. The zero-order chi connectivity index (χ0) is 16.5. The average Bonchev–Trinajstić information content (AvgIpc) is 2.60. The van der Waals surface area contributed by atoms with Crippen LogP contribution in [0.15, 0.2) is 54.6 Å². The summed E-state index contributed by atoms with van der Waals surface area (Å²) < 4.78 is 0. The van der Waals surface area contributed by atoms with Crippen LogP contribution in [0, 0.1) is 0 Å². The Kier molecular flexibility index (Phi) is 6.91. The van der Waals surface area contributed by atoms with Crippen LogP contribution >= 0.6 is 11.6 Å². The highest BCUT2D eigenvalue weighted by molar-refractivity contribution is 6.18. The number of halogens is 1. The number of alkyl halides is 1. The molecule has 0 aliphatic rings. The summed E-state index contributed by atoms with van der Waals surface area (Å²) in [6.07, 6.45) is 0.600. The summed E-state index contributed by atoms with van der Waals surface area (Å²) >= 11 is 5.54. The Balaban J connectivity index is 1.77. The monoisotopic (exact) mass is 332 g/mol. The van der Waals surface area contributed by atoms with Gasteiger partial charge >= 0.3 is 0 Å². The Morgan fingerprint density at radius 1 is 1.04 bits per heavy atom. The molecule has 1 amide bonds. The SMILES string of the molecule is O=C(CCc1ccccc1)Nc1ccc(NCC(O)CCl)cc1. The second-order valence-corrected chi connectivity index (χ2v) is 5.61. The zero-order valence-corrected chi connectivity index (χ0v) is 13.6. The smallest absolute Gasteiger partial charge is 0.224 e. The average molecular weight is 333 g/mol. The minimum absolute atomic E-state index is 0.00729. The van der Waals surface area contributed by atoms with Gasteiger partial charge in [-0.05, 0) is 36.2 Å². The fourth-order valence-electron chi connectivity index (χ4n) is 2.09. The molecular weight excluding hydrogens is 312 g/mol. The first kappa shape index (κ1) is 17.3. The molecule has 0 aliphatic heterocycles. The minimum Gasteiger partial charge on any atom is -0.390 e. The second kappa shape index (κ2) is 9.18. The van der Waals surface area contributed by atoms with E-state index in [4.69, 9.17) is 11.6 Å². The Labute approximate surface area is 141 Å². The van der Waals surface area contributed by atoms with Crippen molar-refractivity contribution in [3.8, 4) is 0 Å². The molecule has 122 valence electrons. The number of anilines is 2. The molecule has 2 rings (SSSR count). The highest BCUT2D eigenvalue weighted by Gasteiger charge is 2.04. The fraction of sp³-hybridized carbons (Fsp3) is 0.278. The molecular formula is C18H21ClN2O2. The lowest BCUT2D eigenvalue weighted by Crippen LogP contribution is -2.20. The Bertz CT molecular complexity index is 602. The lowest BCUT2D eigenvalue weighted by Gasteiger charge is -2.11. The van der Waals surface area contributed by atoms with E-state index in [-0.39, 0.29) is 11.8 Å². The van der Waals surface area contributed by atoms with E-state index < -0.39 is 6.10 Å². The third-order valence-electron chi connectivity index (χ3n) is 3.37. The molecule has 0 fully saturated rings. The Morgan fingerprint density at radius 3 is 2.35 bits per heavy atom. The van der Waals surface area contributed by atoms with Crippen molar-refractivity contribution in [2.24, 2.45) is 0 Å². The predicted molar refractivity (Wildman–Crippen MR) is 95.1 cm³/mol. The van der Waals surface area contributed by atoms with Gasteiger partial charge in [0.25, 0.3) is 0 Å². The van der Waals surface area contributed by atoms with Crippen molar-refractivity contribution in [1.82, 2.24) is 0 Å². The van der Waals surface area contributed by atoms with Crippen molar-refractivity contribution >= 4 is 28.9 Å². The molecule has 0 spiro atoms. The number of hydrogen-bond donors (Lipinski definition) is 3. The second-order valence-electron chi connectivity index (χ2n) is 5.30. The van der Waals surface area contributed by atoms with Crippen LogP contribution in [-0.4, -0.2) is 29.5 Å². The molecule has 0 aliphatic carbocycles. The van der Waals surface area contributed by atoms with E-state index >= 15 is 0 Å². The summed E-state index contributed by atoms with van der Waals surface area (Å²) in [5.74, 6) is 0.190. The van der Waals surface area contributed by atoms with Gasteiger partial charge in [0.1, 0.15) is 0 Å². The summed E-state index contributed by atoms with van der Waals surface area (Å²) in [5, 5.41) is 15.3. The van der Waals surface area contributed by atoms with E-state index in [1.165, 1.54) is 0 Å². The number of carbonyl (C=O) groups is 1. The molecule has 5 heteroatoms. The Hall–Kier alpha value is -2.04. The van der Waals surface area contributed by atoms with Crippen LogP contribution in [0.25, 0.3) is 0 Å². The first-order valence-corrected chi connectivity index (χ1v) is 8.12. The molecule has 0 saturated heterocycles. The number of carbonyl (C=O) groups excluding carboxylic acids is 1. The molecule has 23 heavy (non-hydrogen) atoms. The molecule has 0 radical (unpaired) electrons. The van der Waals surface area contributed by atoms with Gasteiger partial charge in [-0.1, -0.05) is 30.3 Å². The first-order valence-electron chi connectivity index (χ1n) is 7.59. The number of amides is 1. The van der Waals surface area contributed by atoms with Gasteiger partial charge in [-0.25, -0.2) is 0 Å². The van der Waals surface area contributed by atoms with Crippen molar-refractivity contribution in [2.45, 2.75) is 18.9 Å². The van der Waals surface area contributed by atoms with Gasteiger partial charge < -0.3 is 15.7 Å². The molecule has 0 heterocycles. The first-order chi connectivity index (χ1) is 11.2. The van der Waals surface area contributed by atoms with Gasteiger partial charge in [-0.2, -0.15) is 0 Å². The lowest BCUT2D eigenvalue weighted by atomic mass is 10.1. The standard InChI is InChI=1S/C18H21ClN2O2/c19-12-17(22)13-20-15-7-9-16(10-8-15)21-18(23)11-6-14-4-2-1-3-5-14/h1-5,7-10,17,20,22H,6,11-13H2,(H,21,23). The maximum atomic E-state index is 12.0. The molecule has 2 aromatic carbocycles. The zero-order valence-electron chi connectivity index (χ0n) is 12.8. The van der Waals surface area contributed by atoms with Crippen molar-refractivity contribution in [3.05, 3.63) is 60.2 Å². The topological polar surface area (TPSA) is 61.4 Å². The van der Waals surface area contributed by atoms with Gasteiger partial charge in [0, 0.05) is 24.3 Å². The number of rotatable bonds is 8. The van der Waals surface area contributed by atoms with Crippen LogP contribution in [0.1, 0.15) is 12.0 Å². The van der Waals surface area contributed by atoms with Gasteiger partial charge in [0.15, 0.2) is 0 Å². The number of aliphatic hydroxyl groups excluding tert-OH is 1. The van der Waals surface area contributed by atoms with Gasteiger partial charge in [0.05, 0.1) is 12.0 Å². The van der Waals surface area contributed by atoms with Gasteiger partial charge in [-0.15, -0.1) is 11.6 Å². The van der Waals surface area contributed by atoms with Crippen molar-refractivity contribution in [2.75, 3.05) is 23.1 Å². The molecule has 0 bridgehead atoms. The van der Waals surface area contributed by atoms with Crippen LogP contribution in [0.5, 0.6) is 0 Å². The van der Waals surface area contributed by atoms with E-state index in [2.05, 4.69) is 10.6 Å². The Morgan fingerprint density at radius 2 is 1.70 bits per heavy atom. The summed E-state index contributed by atoms with van der Waals surface area (Å²) in [7, 11) is 0. The number of aliphatic hydroxyl groups is 1. The predicted octanol–water partition coefficient (Wildman–Crippen LogP) is 3.27. The van der Waals surface area contributed by atoms with Crippen LogP contribution < -0.4 is 10.6 Å². The largest absolute Gasteiger partial charge is 0.390 e. The van der Waals surface area contributed by atoms with E-state index in [9.17, 15) is 9.90 Å². The van der Waals surface area contributed by atoms with Crippen molar-refractivity contribution in [1.29, 1.82) is 0 Å². The molecule has 1 unspecified atom stereocenters. The fourth-order valence-corrected chi connectivity index (χ4v) is 2.20. The van der Waals surface area contributed by atoms with Crippen LogP contribution in [0.2, 0.25) is 0 Å². The summed E-state index contributed by atoms with van der Waals surface area (Å²) in [6.45, 7) is 0.395. The van der Waals surface area contributed by atoms with Crippen LogP contribution in [0.3, 0.4) is 0 Å². The number of hydrogen-bond acceptors (Lipinski definition) is 3. The van der Waals surface area contributed by atoms with Crippen molar-refractivity contribution < 1.29 is 9.90 Å². The molecule has 3 N–H and O–H groups in total. The highest BCUT2D eigenvalue weighted by Crippen LogP contribution is 2.14. The van der Waals surface area contributed by atoms with Crippen molar-refractivity contribution in [3.63, 3.8) is 0 Å². The summed E-state index contributed by atoms with van der Waals surface area (Å²) in [4.78, 5) is 12.0. The lowest BCUT2D eigenvalue weighted by molar-refractivity contribution is -0.116. The summed E-state index contributed by atoms with van der Waals surface area (Å²) in [6, 6.07) is 17.3. The van der Waals surface area contributed by atoms with Crippen LogP contribution in [-0.2, 0) is 11.2 Å². The van der Waals surface area contributed by atoms with Gasteiger partial charge in [0.2, 0.25) is 5.91 Å². The minimum atomic E-state index is -0.575. The molecule has 2 aromatic rings. The van der Waals surface area contributed by atoms with E-state index in [1.54, 1.807) is 0 Å². The maximum Gasteiger partial charge on any atom is 0.224 e. The number of nitrogens with one attached hydrogen (secondary N) is 2. The molecule has 4 nitrogen and oxygen atoms in total. The molecule has 0 aromatic heterocycles. The van der Waals surface area contributed by atoms with E-state index in [0.29, 0.717) is 13.0 Å². The molecule has 0 saturated carbocycles. The van der Waals surface area contributed by atoms with E-state index in [1.807, 2.05) is 54.6 Å². The maximum absolute atomic E-state index is 12.0. The quantitative estimate of drug-likeness (QED) is 0.650. The normalized spacial score (nSPS) is 11.7. The third-order valence-corrected chi connectivity index (χ3v) is 3.73. The van der Waals surface area contributed by atoms with Crippen LogP contribution in [0.4, 0.5) is 11.4 Å². The number of aryl methyl sites for hydroxylation is 1. The highest BCUT2D eigenvalue weighted by atomic mass is 35.5.